The highest BCUT2D eigenvalue weighted by Gasteiger charge is 2.14. The van der Waals surface area contributed by atoms with Crippen LogP contribution in [0.2, 0.25) is 0 Å². The molecule has 0 aliphatic carbocycles. The predicted molar refractivity (Wildman–Crippen MR) is 77.6 cm³/mol. The Bertz CT molecular complexity index is 717. The summed E-state index contributed by atoms with van der Waals surface area (Å²) < 4.78 is 10.5. The van der Waals surface area contributed by atoms with E-state index >= 15 is 0 Å². The SMILES string of the molecule is [C-]#[N+]c1ccc(NC(=O)Cc2ccc3c(c2)OCO3)cc1. The maximum Gasteiger partial charge on any atom is 0.231 e. The van der Waals surface area contributed by atoms with Crippen LogP contribution in [0, 0.1) is 6.57 Å². The first-order valence-electron chi connectivity index (χ1n) is 6.40. The monoisotopic (exact) mass is 280 g/mol. The Hall–Kier alpha value is -3.00. The predicted octanol–water partition coefficient (Wildman–Crippen LogP) is 3.15. The highest BCUT2D eigenvalue weighted by Crippen LogP contribution is 2.32. The normalized spacial score (nSPS) is 11.8. The fraction of sp³-hybridized carbons (Fsp3) is 0.125. The van der Waals surface area contributed by atoms with E-state index in [-0.39, 0.29) is 19.1 Å². The molecule has 1 aliphatic rings. The lowest BCUT2D eigenvalue weighted by atomic mass is 10.1. The molecular formula is C16H12N2O3. The smallest absolute Gasteiger partial charge is 0.231 e. The van der Waals surface area contributed by atoms with Gasteiger partial charge < -0.3 is 14.8 Å². The summed E-state index contributed by atoms with van der Waals surface area (Å²) in [6.07, 6.45) is 0.251. The van der Waals surface area contributed by atoms with Crippen LogP contribution in [0.1, 0.15) is 5.56 Å². The number of nitrogens with one attached hydrogen (secondary N) is 1. The standard InChI is InChI=1S/C16H12N2O3/c1-17-12-3-5-13(6-4-12)18-16(19)9-11-2-7-14-15(8-11)21-10-20-14/h2-8H,9-10H2,(H,18,19). The van der Waals surface area contributed by atoms with Crippen LogP contribution in [-0.2, 0) is 11.2 Å². The highest BCUT2D eigenvalue weighted by molar-refractivity contribution is 5.92. The summed E-state index contributed by atoms with van der Waals surface area (Å²) in [5, 5.41) is 2.80. The number of carbonyl (C=O) groups excluding carboxylic acids is 1. The van der Waals surface area contributed by atoms with Crippen LogP contribution in [-0.4, -0.2) is 12.7 Å². The fourth-order valence-electron chi connectivity index (χ4n) is 2.06. The van der Waals surface area contributed by atoms with Gasteiger partial charge in [-0.25, -0.2) is 4.85 Å². The third kappa shape index (κ3) is 2.95. The number of nitrogens with zero attached hydrogens (tertiary/aromatic N) is 1. The van der Waals surface area contributed by atoms with Crippen molar-refractivity contribution >= 4 is 17.3 Å². The van der Waals surface area contributed by atoms with Gasteiger partial charge in [0.1, 0.15) is 0 Å². The Balaban J connectivity index is 1.64. The second-order valence-corrected chi connectivity index (χ2v) is 4.57. The average Bonchev–Trinajstić information content (AvgIpc) is 2.95. The second kappa shape index (κ2) is 5.55. The van der Waals surface area contributed by atoms with E-state index in [0.717, 1.165) is 5.56 Å². The summed E-state index contributed by atoms with van der Waals surface area (Å²) in [7, 11) is 0. The summed E-state index contributed by atoms with van der Waals surface area (Å²) in [6, 6.07) is 12.2. The number of rotatable bonds is 3. The lowest BCUT2D eigenvalue weighted by Gasteiger charge is -2.06. The Morgan fingerprint density at radius 1 is 1.14 bits per heavy atom. The van der Waals surface area contributed by atoms with Crippen LogP contribution in [0.25, 0.3) is 4.85 Å². The summed E-state index contributed by atoms with van der Waals surface area (Å²) in [5.74, 6) is 1.25. The zero-order valence-corrected chi connectivity index (χ0v) is 11.1. The fourth-order valence-corrected chi connectivity index (χ4v) is 2.06. The summed E-state index contributed by atoms with van der Waals surface area (Å²) in [6.45, 7) is 7.10. The quantitative estimate of drug-likeness (QED) is 0.879. The van der Waals surface area contributed by atoms with E-state index in [1.807, 2.05) is 12.1 Å². The lowest BCUT2D eigenvalue weighted by Crippen LogP contribution is -2.14. The van der Waals surface area contributed by atoms with E-state index in [1.54, 1.807) is 30.3 Å². The number of carbonyl (C=O) groups is 1. The summed E-state index contributed by atoms with van der Waals surface area (Å²) in [5.41, 5.74) is 2.08. The van der Waals surface area contributed by atoms with Crippen LogP contribution in [0.15, 0.2) is 42.5 Å². The molecule has 0 saturated heterocycles. The average molecular weight is 280 g/mol. The van der Waals surface area contributed by atoms with Gasteiger partial charge in [-0.3, -0.25) is 4.79 Å². The van der Waals surface area contributed by atoms with Gasteiger partial charge in [0.15, 0.2) is 17.2 Å². The first-order valence-corrected chi connectivity index (χ1v) is 6.40. The van der Waals surface area contributed by atoms with Gasteiger partial charge in [0.2, 0.25) is 12.7 Å². The van der Waals surface area contributed by atoms with Crippen molar-refractivity contribution in [3.63, 3.8) is 0 Å². The van der Waals surface area contributed by atoms with E-state index < -0.39 is 0 Å². The minimum absolute atomic E-state index is 0.121. The number of amides is 1. The third-order valence-electron chi connectivity index (χ3n) is 3.08. The number of ether oxygens (including phenoxy) is 2. The Morgan fingerprint density at radius 3 is 2.67 bits per heavy atom. The first kappa shape index (κ1) is 13.0. The van der Waals surface area contributed by atoms with E-state index in [9.17, 15) is 4.79 Å². The highest BCUT2D eigenvalue weighted by atomic mass is 16.7. The third-order valence-corrected chi connectivity index (χ3v) is 3.08. The number of benzene rings is 2. The first-order chi connectivity index (χ1) is 10.2. The molecule has 0 atom stereocenters. The molecule has 104 valence electrons. The van der Waals surface area contributed by atoms with Gasteiger partial charge in [-0.2, -0.15) is 0 Å². The van der Waals surface area contributed by atoms with Gasteiger partial charge in [-0.05, 0) is 29.8 Å². The molecular weight excluding hydrogens is 268 g/mol. The minimum atomic E-state index is -0.121. The molecule has 0 fully saturated rings. The van der Waals surface area contributed by atoms with Crippen LogP contribution >= 0.6 is 0 Å². The van der Waals surface area contributed by atoms with Gasteiger partial charge >= 0.3 is 0 Å². The molecule has 1 aliphatic heterocycles. The Morgan fingerprint density at radius 2 is 1.90 bits per heavy atom. The molecule has 0 unspecified atom stereocenters. The van der Waals surface area contributed by atoms with Crippen molar-refractivity contribution in [1.82, 2.24) is 0 Å². The molecule has 1 heterocycles. The molecule has 3 rings (SSSR count). The second-order valence-electron chi connectivity index (χ2n) is 4.57. The molecule has 1 amide bonds. The molecule has 0 saturated carbocycles. The van der Waals surface area contributed by atoms with Gasteiger partial charge in [-0.15, -0.1) is 0 Å². The van der Waals surface area contributed by atoms with Crippen molar-refractivity contribution in [1.29, 1.82) is 0 Å². The van der Waals surface area contributed by atoms with E-state index in [1.165, 1.54) is 0 Å². The van der Waals surface area contributed by atoms with E-state index in [0.29, 0.717) is 22.9 Å². The van der Waals surface area contributed by atoms with Gasteiger partial charge in [0.25, 0.3) is 0 Å². The molecule has 0 bridgehead atoms. The number of fused-ring (bicyclic) bond motifs is 1. The van der Waals surface area contributed by atoms with Crippen molar-refractivity contribution in [3.8, 4) is 11.5 Å². The molecule has 0 aromatic heterocycles. The molecule has 5 heteroatoms. The largest absolute Gasteiger partial charge is 0.454 e. The minimum Gasteiger partial charge on any atom is -0.454 e. The molecule has 2 aromatic carbocycles. The van der Waals surface area contributed by atoms with E-state index in [4.69, 9.17) is 16.0 Å². The number of anilines is 1. The van der Waals surface area contributed by atoms with Crippen molar-refractivity contribution in [2.24, 2.45) is 0 Å². The van der Waals surface area contributed by atoms with E-state index in [2.05, 4.69) is 10.2 Å². The maximum absolute atomic E-state index is 12.0. The Kier molecular flexibility index (Phi) is 3.44. The topological polar surface area (TPSA) is 51.9 Å². The molecule has 2 aromatic rings. The molecule has 0 spiro atoms. The van der Waals surface area contributed by atoms with Crippen molar-refractivity contribution < 1.29 is 14.3 Å². The summed E-state index contributed by atoms with van der Waals surface area (Å²) >= 11 is 0. The van der Waals surface area contributed by atoms with Gasteiger partial charge in [0.05, 0.1) is 13.0 Å². The molecule has 5 nitrogen and oxygen atoms in total. The summed E-state index contributed by atoms with van der Waals surface area (Å²) in [4.78, 5) is 15.3. The zero-order valence-electron chi connectivity index (χ0n) is 11.1. The van der Waals surface area contributed by atoms with Gasteiger partial charge in [-0.1, -0.05) is 18.2 Å². The van der Waals surface area contributed by atoms with Crippen molar-refractivity contribution in [2.45, 2.75) is 6.42 Å². The molecule has 1 N–H and O–H groups in total. The lowest BCUT2D eigenvalue weighted by molar-refractivity contribution is -0.115. The van der Waals surface area contributed by atoms with Crippen molar-refractivity contribution in [2.75, 3.05) is 12.1 Å². The van der Waals surface area contributed by atoms with Crippen molar-refractivity contribution in [3.05, 3.63) is 59.4 Å². The van der Waals surface area contributed by atoms with Crippen LogP contribution in [0.4, 0.5) is 11.4 Å². The molecule has 21 heavy (non-hydrogen) atoms. The Labute approximate surface area is 121 Å². The van der Waals surface area contributed by atoms with Crippen LogP contribution in [0.3, 0.4) is 0 Å². The maximum atomic E-state index is 12.0. The van der Waals surface area contributed by atoms with Crippen LogP contribution < -0.4 is 14.8 Å². The number of hydrogen-bond acceptors (Lipinski definition) is 3. The number of hydrogen-bond donors (Lipinski definition) is 1. The van der Waals surface area contributed by atoms with Gasteiger partial charge in [0, 0.05) is 5.69 Å². The van der Waals surface area contributed by atoms with Crippen LogP contribution in [0.5, 0.6) is 11.5 Å². The molecule has 0 radical (unpaired) electrons. The zero-order chi connectivity index (χ0) is 14.7.